The Morgan fingerprint density at radius 3 is 2.52 bits per heavy atom. The molecule has 0 saturated heterocycles. The molecule has 0 aliphatic heterocycles. The molecule has 2 unspecified atom stereocenters. The third-order valence-corrected chi connectivity index (χ3v) is 9.04. The summed E-state index contributed by atoms with van der Waals surface area (Å²) in [5.74, 6) is 0. The van der Waals surface area contributed by atoms with Gasteiger partial charge < -0.3 is 24.8 Å². The first-order valence-electron chi connectivity index (χ1n) is 8.07. The van der Waals surface area contributed by atoms with E-state index < -0.39 is 0 Å². The molecule has 0 spiro atoms. The molecule has 0 aromatic heterocycles. The molecule has 25 heavy (non-hydrogen) atoms. The third-order valence-electron chi connectivity index (χ3n) is 4.45. The van der Waals surface area contributed by atoms with E-state index in [0.717, 1.165) is 8.58 Å². The average molecular weight is 421 g/mol. The van der Waals surface area contributed by atoms with Gasteiger partial charge in [0.1, 0.15) is 0 Å². The Kier molecular flexibility index (Phi) is 7.75. The molecule has 0 heterocycles. The second-order valence-corrected chi connectivity index (χ2v) is 9.79. The van der Waals surface area contributed by atoms with Crippen molar-refractivity contribution in [2.75, 3.05) is 0 Å². The van der Waals surface area contributed by atoms with Crippen molar-refractivity contribution >= 4 is 20.0 Å². The fourth-order valence-corrected chi connectivity index (χ4v) is 7.40. The van der Waals surface area contributed by atoms with E-state index in [2.05, 4.69) is 79.8 Å². The fraction of sp³-hybridized carbons (Fsp3) is 0.143. The zero-order chi connectivity index (χ0) is 15.6. The number of halogens is 2. The SMILES string of the molecule is Cc1ccccc1PC1=Cc2ccccc2[CH]1[Ti+2][C]1=CC=CC1.[Cl-].[Cl-]. The molecule has 4 rings (SSSR count). The normalized spacial score (nSPS) is 17.4. The van der Waals surface area contributed by atoms with Crippen LogP contribution in [0.4, 0.5) is 0 Å². The number of aryl methyl sites for hydroxylation is 1. The molecule has 0 saturated carbocycles. The maximum atomic E-state index is 2.47. The molecule has 126 valence electrons. The van der Waals surface area contributed by atoms with Crippen LogP contribution in [-0.4, -0.2) is 0 Å². The molecule has 2 aromatic carbocycles. The van der Waals surface area contributed by atoms with E-state index in [-0.39, 0.29) is 44.0 Å². The summed E-state index contributed by atoms with van der Waals surface area (Å²) in [5.41, 5.74) is 4.43. The number of hydrogen-bond donors (Lipinski definition) is 0. The Morgan fingerprint density at radius 2 is 1.76 bits per heavy atom. The molecule has 2 atom stereocenters. The first-order valence-corrected chi connectivity index (χ1v) is 10.7. The van der Waals surface area contributed by atoms with E-state index in [1.165, 1.54) is 22.9 Å². The van der Waals surface area contributed by atoms with E-state index in [1.54, 1.807) is 14.8 Å². The van der Waals surface area contributed by atoms with Gasteiger partial charge in [-0.25, -0.2) is 0 Å². The summed E-state index contributed by atoms with van der Waals surface area (Å²) in [6.45, 7) is 2.24. The maximum Gasteiger partial charge on any atom is -1.00 e. The topological polar surface area (TPSA) is 0 Å². The van der Waals surface area contributed by atoms with Crippen LogP contribution in [0.1, 0.15) is 27.3 Å². The number of rotatable bonds is 4. The molecule has 0 nitrogen and oxygen atoms in total. The monoisotopic (exact) mass is 420 g/mol. The van der Waals surface area contributed by atoms with Gasteiger partial charge in [0.05, 0.1) is 0 Å². The van der Waals surface area contributed by atoms with Gasteiger partial charge in [0, 0.05) is 0 Å². The number of hydrogen-bond acceptors (Lipinski definition) is 0. The largest absolute Gasteiger partial charge is 1.00 e. The average Bonchev–Trinajstić information content (AvgIpc) is 3.19. The van der Waals surface area contributed by atoms with Crippen LogP contribution in [0, 0.1) is 6.92 Å². The molecule has 0 amide bonds. The summed E-state index contributed by atoms with van der Waals surface area (Å²) in [5, 5.41) is 3.15. The zero-order valence-electron chi connectivity index (χ0n) is 14.0. The van der Waals surface area contributed by atoms with Gasteiger partial charge >= 0.3 is 149 Å². The van der Waals surface area contributed by atoms with Crippen LogP contribution >= 0.6 is 8.58 Å². The van der Waals surface area contributed by atoms with Crippen LogP contribution in [0.2, 0.25) is 0 Å². The van der Waals surface area contributed by atoms with Crippen molar-refractivity contribution in [1.29, 1.82) is 0 Å². The van der Waals surface area contributed by atoms with Gasteiger partial charge in [0.2, 0.25) is 0 Å². The van der Waals surface area contributed by atoms with Crippen molar-refractivity contribution in [3.05, 3.63) is 92.6 Å². The van der Waals surface area contributed by atoms with Gasteiger partial charge in [0.15, 0.2) is 0 Å². The number of fused-ring (bicyclic) bond motifs is 1. The van der Waals surface area contributed by atoms with Crippen molar-refractivity contribution in [3.63, 3.8) is 0 Å². The Labute approximate surface area is 173 Å². The zero-order valence-corrected chi connectivity index (χ0v) is 18.0. The van der Waals surface area contributed by atoms with Crippen LogP contribution in [0.15, 0.2) is 76.0 Å². The van der Waals surface area contributed by atoms with Crippen molar-refractivity contribution in [2.45, 2.75) is 17.6 Å². The van der Waals surface area contributed by atoms with E-state index in [0.29, 0.717) is 4.22 Å². The summed E-state index contributed by atoms with van der Waals surface area (Å²) in [7, 11) is 0.801. The van der Waals surface area contributed by atoms with Crippen LogP contribution in [0.25, 0.3) is 6.08 Å². The summed E-state index contributed by atoms with van der Waals surface area (Å²) in [6.07, 6.45) is 10.5. The third kappa shape index (κ3) is 4.57. The fourth-order valence-electron chi connectivity index (χ4n) is 3.20. The summed E-state index contributed by atoms with van der Waals surface area (Å²) in [6, 6.07) is 17.8. The Balaban J connectivity index is 0.00000113. The number of benzene rings is 2. The van der Waals surface area contributed by atoms with Crippen LogP contribution in [0.5, 0.6) is 0 Å². The predicted octanol–water partition coefficient (Wildman–Crippen LogP) is -0.671. The standard InChI is InChI=1S/C16H14P.C5H5.2ClH.Ti/c1-12-6-2-5-9-16(12)17-15-10-13-7-3-4-8-14(13)11-15;1-2-4-5-3-1;;;/h2-11,17H,1H3;1-3H,4H2;2*1H;/q;;;;+2/p-2. The van der Waals surface area contributed by atoms with Crippen molar-refractivity contribution in [1.82, 2.24) is 0 Å². The molecule has 0 fully saturated rings. The summed E-state index contributed by atoms with van der Waals surface area (Å²) >= 11 is -0.138. The Hall–Kier alpha value is -0.616. The molecular weight excluding hydrogens is 402 g/mol. The number of allylic oxidation sites excluding steroid dienone is 5. The van der Waals surface area contributed by atoms with Crippen LogP contribution < -0.4 is 30.1 Å². The van der Waals surface area contributed by atoms with Crippen molar-refractivity contribution in [3.8, 4) is 0 Å². The molecule has 2 aromatic rings. The van der Waals surface area contributed by atoms with Gasteiger partial charge in [-0.15, -0.1) is 0 Å². The van der Waals surface area contributed by atoms with E-state index in [9.17, 15) is 0 Å². The maximum absolute atomic E-state index is 2.47. The smallest absolute Gasteiger partial charge is 1.00 e. The quantitative estimate of drug-likeness (QED) is 0.454. The Bertz CT molecular complexity index is 839. The first-order chi connectivity index (χ1) is 11.3. The van der Waals surface area contributed by atoms with E-state index >= 15 is 0 Å². The van der Waals surface area contributed by atoms with Gasteiger partial charge in [0.25, 0.3) is 0 Å². The van der Waals surface area contributed by atoms with Crippen molar-refractivity contribution in [2.24, 2.45) is 0 Å². The second-order valence-electron chi connectivity index (χ2n) is 6.07. The minimum Gasteiger partial charge on any atom is -1.00 e. The van der Waals surface area contributed by atoms with E-state index in [1.807, 2.05) is 0 Å². The molecule has 2 aliphatic rings. The van der Waals surface area contributed by atoms with Gasteiger partial charge in [-0.05, 0) is 0 Å². The van der Waals surface area contributed by atoms with Crippen LogP contribution in [0.3, 0.4) is 0 Å². The van der Waals surface area contributed by atoms with Crippen molar-refractivity contribution < 1.29 is 44.0 Å². The minimum atomic E-state index is -0.138. The van der Waals surface area contributed by atoms with Gasteiger partial charge in [-0.3, -0.25) is 0 Å². The second kappa shape index (κ2) is 9.36. The molecule has 0 bridgehead atoms. The summed E-state index contributed by atoms with van der Waals surface area (Å²) in [4.78, 5) is 0. The molecule has 0 radical (unpaired) electrons. The molecule has 2 aliphatic carbocycles. The van der Waals surface area contributed by atoms with Crippen LogP contribution in [-0.2, 0) is 19.2 Å². The van der Waals surface area contributed by atoms with Gasteiger partial charge in [-0.1, -0.05) is 0 Å². The molecule has 4 heteroatoms. The van der Waals surface area contributed by atoms with E-state index in [4.69, 9.17) is 0 Å². The Morgan fingerprint density at radius 1 is 1.00 bits per heavy atom. The first kappa shape index (κ1) is 20.7. The summed E-state index contributed by atoms with van der Waals surface area (Å²) < 4.78 is 2.36. The molecular formula is C21H19Cl2PTi. The molecule has 0 N–H and O–H groups in total. The van der Waals surface area contributed by atoms with Gasteiger partial charge in [-0.2, -0.15) is 0 Å². The predicted molar refractivity (Wildman–Crippen MR) is 98.1 cm³/mol. The minimum absolute atomic E-state index is 0.